The molecule has 0 bridgehead atoms. The van der Waals surface area contributed by atoms with Gasteiger partial charge in [-0.05, 0) is 50.0 Å². The molecule has 1 saturated heterocycles. The molecule has 0 spiro atoms. The molecule has 3 rings (SSSR count). The van der Waals surface area contributed by atoms with Gasteiger partial charge in [0.05, 0.1) is 0 Å². The van der Waals surface area contributed by atoms with Gasteiger partial charge in [0.2, 0.25) is 0 Å². The van der Waals surface area contributed by atoms with Crippen molar-refractivity contribution in [2.24, 2.45) is 5.92 Å². The number of nitrogens with one attached hydrogen (secondary N) is 2. The SMILES string of the molecule is O=C(NCCC1CCNC1)c1ccc2c(c1)OCCO2. The molecule has 1 aromatic rings. The van der Waals surface area contributed by atoms with Gasteiger partial charge in [-0.3, -0.25) is 4.79 Å². The molecule has 20 heavy (non-hydrogen) atoms. The van der Waals surface area contributed by atoms with E-state index in [9.17, 15) is 4.79 Å². The summed E-state index contributed by atoms with van der Waals surface area (Å²) >= 11 is 0. The van der Waals surface area contributed by atoms with E-state index >= 15 is 0 Å². The highest BCUT2D eigenvalue weighted by atomic mass is 16.6. The van der Waals surface area contributed by atoms with E-state index < -0.39 is 0 Å². The van der Waals surface area contributed by atoms with E-state index in [2.05, 4.69) is 10.6 Å². The van der Waals surface area contributed by atoms with Crippen molar-refractivity contribution in [1.82, 2.24) is 10.6 Å². The van der Waals surface area contributed by atoms with Crippen molar-refractivity contribution in [3.05, 3.63) is 23.8 Å². The second-order valence-corrected chi connectivity index (χ2v) is 5.26. The van der Waals surface area contributed by atoms with Gasteiger partial charge in [0.15, 0.2) is 11.5 Å². The van der Waals surface area contributed by atoms with Gasteiger partial charge in [0.1, 0.15) is 13.2 Å². The van der Waals surface area contributed by atoms with Crippen LogP contribution in [0.3, 0.4) is 0 Å². The van der Waals surface area contributed by atoms with Gasteiger partial charge in [-0.2, -0.15) is 0 Å². The summed E-state index contributed by atoms with van der Waals surface area (Å²) in [5.41, 5.74) is 0.624. The number of carbonyl (C=O) groups is 1. The molecule has 5 heteroatoms. The van der Waals surface area contributed by atoms with E-state index in [1.165, 1.54) is 6.42 Å². The zero-order chi connectivity index (χ0) is 13.8. The minimum Gasteiger partial charge on any atom is -0.486 e. The van der Waals surface area contributed by atoms with E-state index in [1.807, 2.05) is 0 Å². The highest BCUT2D eigenvalue weighted by Crippen LogP contribution is 2.30. The van der Waals surface area contributed by atoms with Crippen molar-refractivity contribution >= 4 is 5.91 Å². The fraction of sp³-hybridized carbons (Fsp3) is 0.533. The molecule has 1 aromatic carbocycles. The van der Waals surface area contributed by atoms with Crippen LogP contribution in [-0.4, -0.2) is 38.8 Å². The van der Waals surface area contributed by atoms with Crippen molar-refractivity contribution in [1.29, 1.82) is 0 Å². The Labute approximate surface area is 118 Å². The zero-order valence-corrected chi connectivity index (χ0v) is 11.5. The summed E-state index contributed by atoms with van der Waals surface area (Å²) in [6, 6.07) is 5.32. The summed E-state index contributed by atoms with van der Waals surface area (Å²) in [5.74, 6) is 2.01. The number of benzene rings is 1. The first kappa shape index (κ1) is 13.2. The first-order valence-corrected chi connectivity index (χ1v) is 7.21. The summed E-state index contributed by atoms with van der Waals surface area (Å²) < 4.78 is 10.9. The number of ether oxygens (including phenoxy) is 2. The molecule has 108 valence electrons. The van der Waals surface area contributed by atoms with Crippen LogP contribution in [-0.2, 0) is 0 Å². The number of rotatable bonds is 4. The molecule has 0 radical (unpaired) electrons. The van der Waals surface area contributed by atoms with Crippen LogP contribution in [0.5, 0.6) is 11.5 Å². The fourth-order valence-electron chi connectivity index (χ4n) is 2.64. The Bertz CT molecular complexity index is 484. The number of carbonyl (C=O) groups excluding carboxylic acids is 1. The van der Waals surface area contributed by atoms with Crippen LogP contribution in [0, 0.1) is 5.92 Å². The Kier molecular flexibility index (Phi) is 4.06. The summed E-state index contributed by atoms with van der Waals surface area (Å²) in [7, 11) is 0. The summed E-state index contributed by atoms with van der Waals surface area (Å²) in [5, 5.41) is 6.30. The van der Waals surface area contributed by atoms with Crippen LogP contribution in [0.15, 0.2) is 18.2 Å². The lowest BCUT2D eigenvalue weighted by molar-refractivity contribution is 0.0950. The predicted molar refractivity (Wildman–Crippen MR) is 75.4 cm³/mol. The molecule has 2 aliphatic rings. The molecule has 0 saturated carbocycles. The Balaban J connectivity index is 1.53. The molecule has 0 aliphatic carbocycles. The van der Waals surface area contributed by atoms with E-state index in [0.717, 1.165) is 26.1 Å². The third-order valence-electron chi connectivity index (χ3n) is 3.80. The molecule has 2 N–H and O–H groups in total. The molecule has 1 atom stereocenters. The van der Waals surface area contributed by atoms with Crippen LogP contribution >= 0.6 is 0 Å². The first-order chi connectivity index (χ1) is 9.83. The molecule has 1 fully saturated rings. The Morgan fingerprint density at radius 1 is 1.30 bits per heavy atom. The maximum atomic E-state index is 12.1. The molecule has 0 aromatic heterocycles. The topological polar surface area (TPSA) is 59.6 Å². The average molecular weight is 276 g/mol. The Morgan fingerprint density at radius 2 is 2.15 bits per heavy atom. The van der Waals surface area contributed by atoms with E-state index in [1.54, 1.807) is 18.2 Å². The first-order valence-electron chi connectivity index (χ1n) is 7.21. The largest absolute Gasteiger partial charge is 0.486 e. The minimum atomic E-state index is -0.0482. The fourth-order valence-corrected chi connectivity index (χ4v) is 2.64. The van der Waals surface area contributed by atoms with Crippen LogP contribution in [0.4, 0.5) is 0 Å². The summed E-state index contributed by atoms with van der Waals surface area (Å²) in [4.78, 5) is 12.1. The number of hydrogen-bond donors (Lipinski definition) is 2. The molecule has 2 aliphatic heterocycles. The van der Waals surface area contributed by atoms with Crippen molar-refractivity contribution in [2.45, 2.75) is 12.8 Å². The van der Waals surface area contributed by atoms with Crippen molar-refractivity contribution in [2.75, 3.05) is 32.8 Å². The van der Waals surface area contributed by atoms with Crippen LogP contribution in [0.1, 0.15) is 23.2 Å². The van der Waals surface area contributed by atoms with E-state index in [0.29, 0.717) is 36.2 Å². The minimum absolute atomic E-state index is 0.0482. The third kappa shape index (κ3) is 3.04. The average Bonchev–Trinajstić information content (AvgIpc) is 3.00. The number of hydrogen-bond acceptors (Lipinski definition) is 4. The lowest BCUT2D eigenvalue weighted by atomic mass is 10.1. The van der Waals surface area contributed by atoms with Gasteiger partial charge >= 0.3 is 0 Å². The quantitative estimate of drug-likeness (QED) is 0.867. The van der Waals surface area contributed by atoms with Gasteiger partial charge in [-0.15, -0.1) is 0 Å². The molecule has 1 unspecified atom stereocenters. The normalized spacial score (nSPS) is 20.7. The van der Waals surface area contributed by atoms with Gasteiger partial charge in [-0.1, -0.05) is 0 Å². The smallest absolute Gasteiger partial charge is 0.251 e. The maximum absolute atomic E-state index is 12.1. The zero-order valence-electron chi connectivity index (χ0n) is 11.5. The Hall–Kier alpha value is -1.75. The Morgan fingerprint density at radius 3 is 2.95 bits per heavy atom. The molecular formula is C15H20N2O3. The predicted octanol–water partition coefficient (Wildman–Crippen LogP) is 1.19. The number of amides is 1. The van der Waals surface area contributed by atoms with E-state index in [-0.39, 0.29) is 5.91 Å². The van der Waals surface area contributed by atoms with Gasteiger partial charge in [-0.25, -0.2) is 0 Å². The number of fused-ring (bicyclic) bond motifs is 1. The van der Waals surface area contributed by atoms with Crippen LogP contribution < -0.4 is 20.1 Å². The standard InChI is InChI=1S/C15H20N2O3/c18-15(17-6-4-11-3-5-16-10-11)12-1-2-13-14(9-12)20-8-7-19-13/h1-2,9,11,16H,3-8,10H2,(H,17,18). The molecular weight excluding hydrogens is 256 g/mol. The van der Waals surface area contributed by atoms with Gasteiger partial charge in [0, 0.05) is 12.1 Å². The summed E-state index contributed by atoms with van der Waals surface area (Å²) in [6.45, 7) is 3.99. The lowest BCUT2D eigenvalue weighted by Crippen LogP contribution is -2.26. The van der Waals surface area contributed by atoms with Crippen molar-refractivity contribution in [3.8, 4) is 11.5 Å². The van der Waals surface area contributed by atoms with Crippen molar-refractivity contribution in [3.63, 3.8) is 0 Å². The highest BCUT2D eigenvalue weighted by Gasteiger charge is 2.16. The maximum Gasteiger partial charge on any atom is 0.251 e. The molecule has 1 amide bonds. The third-order valence-corrected chi connectivity index (χ3v) is 3.80. The second-order valence-electron chi connectivity index (χ2n) is 5.26. The van der Waals surface area contributed by atoms with E-state index in [4.69, 9.17) is 9.47 Å². The lowest BCUT2D eigenvalue weighted by Gasteiger charge is -2.18. The highest BCUT2D eigenvalue weighted by molar-refractivity contribution is 5.94. The molecule has 2 heterocycles. The van der Waals surface area contributed by atoms with Crippen LogP contribution in [0.2, 0.25) is 0 Å². The molecule has 5 nitrogen and oxygen atoms in total. The van der Waals surface area contributed by atoms with Gasteiger partial charge < -0.3 is 20.1 Å². The summed E-state index contributed by atoms with van der Waals surface area (Å²) in [6.07, 6.45) is 2.24. The van der Waals surface area contributed by atoms with Crippen molar-refractivity contribution < 1.29 is 14.3 Å². The second kappa shape index (κ2) is 6.13. The van der Waals surface area contributed by atoms with Gasteiger partial charge in [0.25, 0.3) is 5.91 Å². The monoisotopic (exact) mass is 276 g/mol. The van der Waals surface area contributed by atoms with Crippen LogP contribution in [0.25, 0.3) is 0 Å².